The Morgan fingerprint density at radius 1 is 1.27 bits per heavy atom. The smallest absolute Gasteiger partial charge is 0.270 e. The van der Waals surface area contributed by atoms with Crippen LogP contribution in [0.25, 0.3) is 5.69 Å². The van der Waals surface area contributed by atoms with Crippen molar-refractivity contribution in [2.75, 3.05) is 6.54 Å². The number of hydrogen-bond donors (Lipinski definition) is 1. The summed E-state index contributed by atoms with van der Waals surface area (Å²) in [6, 6.07) is 11.7. The van der Waals surface area contributed by atoms with E-state index in [9.17, 15) is 4.79 Å². The van der Waals surface area contributed by atoms with E-state index in [2.05, 4.69) is 26.6 Å². The summed E-state index contributed by atoms with van der Waals surface area (Å²) in [4.78, 5) is 12.7. The first-order chi connectivity index (χ1) is 12.7. The average Bonchev–Trinajstić information content (AvgIpc) is 3.60. The van der Waals surface area contributed by atoms with Gasteiger partial charge >= 0.3 is 0 Å². The van der Waals surface area contributed by atoms with Crippen molar-refractivity contribution in [3.8, 4) is 18.0 Å². The molecule has 1 aliphatic heterocycles. The van der Waals surface area contributed by atoms with E-state index in [0.29, 0.717) is 31.0 Å². The second-order valence-electron chi connectivity index (χ2n) is 6.87. The molecular formula is C20H21N5O. The van der Waals surface area contributed by atoms with Gasteiger partial charge in [0.1, 0.15) is 5.69 Å². The monoisotopic (exact) mass is 347 g/mol. The Hall–Kier alpha value is -2.94. The maximum Gasteiger partial charge on any atom is 0.270 e. The van der Waals surface area contributed by atoms with Gasteiger partial charge in [-0.05, 0) is 31.0 Å². The summed E-state index contributed by atoms with van der Waals surface area (Å²) < 4.78 is 1.74. The first-order valence-corrected chi connectivity index (χ1v) is 9.02. The molecule has 0 atom stereocenters. The van der Waals surface area contributed by atoms with Crippen molar-refractivity contribution in [3.63, 3.8) is 0 Å². The van der Waals surface area contributed by atoms with Gasteiger partial charge in [-0.25, -0.2) is 4.68 Å². The average molecular weight is 347 g/mol. The van der Waals surface area contributed by atoms with Crippen LogP contribution < -0.4 is 5.32 Å². The van der Waals surface area contributed by atoms with Gasteiger partial charge in [0.15, 0.2) is 5.66 Å². The summed E-state index contributed by atoms with van der Waals surface area (Å²) in [6.07, 6.45) is 9.66. The number of nitrogens with zero attached hydrogens (tertiary/aromatic N) is 4. The van der Waals surface area contributed by atoms with Crippen LogP contribution in [0.2, 0.25) is 0 Å². The maximum atomic E-state index is 12.7. The van der Waals surface area contributed by atoms with Gasteiger partial charge in [-0.3, -0.25) is 4.79 Å². The number of rotatable bonds is 8. The second kappa shape index (κ2) is 6.75. The van der Waals surface area contributed by atoms with Gasteiger partial charge in [0, 0.05) is 31.7 Å². The number of benzene rings is 1. The fraction of sp³-hybridized carbons (Fsp3) is 0.400. The van der Waals surface area contributed by atoms with Crippen LogP contribution in [0.15, 0.2) is 46.6 Å². The zero-order valence-corrected chi connectivity index (χ0v) is 14.6. The molecule has 1 N–H and O–H groups in total. The highest BCUT2D eigenvalue weighted by Gasteiger charge is 2.38. The molecule has 0 bridgehead atoms. The van der Waals surface area contributed by atoms with E-state index < -0.39 is 0 Å². The van der Waals surface area contributed by atoms with Crippen molar-refractivity contribution in [3.05, 3.63) is 47.8 Å². The lowest BCUT2D eigenvalue weighted by Crippen LogP contribution is -2.29. The van der Waals surface area contributed by atoms with Crippen molar-refractivity contribution in [1.82, 2.24) is 15.1 Å². The highest BCUT2D eigenvalue weighted by Crippen LogP contribution is 2.40. The van der Waals surface area contributed by atoms with Gasteiger partial charge < -0.3 is 5.32 Å². The predicted octanol–water partition coefficient (Wildman–Crippen LogP) is 3.45. The van der Waals surface area contributed by atoms with Gasteiger partial charge in [-0.1, -0.05) is 18.2 Å². The van der Waals surface area contributed by atoms with E-state index in [1.165, 1.54) is 0 Å². The van der Waals surface area contributed by atoms with E-state index in [0.717, 1.165) is 30.6 Å². The van der Waals surface area contributed by atoms with E-state index in [-0.39, 0.29) is 11.6 Å². The SMILES string of the molecule is C#CCCC1(CCNC(=O)c2cc(C3CC3)nn2-c2ccccc2)N=N1. The van der Waals surface area contributed by atoms with E-state index >= 15 is 0 Å². The Morgan fingerprint density at radius 2 is 2.04 bits per heavy atom. The minimum absolute atomic E-state index is 0.124. The number of hydrogen-bond acceptors (Lipinski definition) is 4. The van der Waals surface area contributed by atoms with Crippen LogP contribution in [-0.2, 0) is 0 Å². The lowest BCUT2D eigenvalue weighted by molar-refractivity contribution is 0.0944. The summed E-state index contributed by atoms with van der Waals surface area (Å²) in [5.41, 5.74) is 2.08. The number of aromatic nitrogens is 2. The van der Waals surface area contributed by atoms with Crippen LogP contribution in [-0.4, -0.2) is 27.9 Å². The molecule has 1 amide bonds. The fourth-order valence-electron chi connectivity index (χ4n) is 3.04. The van der Waals surface area contributed by atoms with Crippen LogP contribution in [0.1, 0.15) is 54.2 Å². The van der Waals surface area contributed by atoms with Crippen molar-refractivity contribution < 1.29 is 4.79 Å². The molecule has 2 aliphatic rings. The molecule has 1 saturated carbocycles. The third kappa shape index (κ3) is 3.52. The highest BCUT2D eigenvalue weighted by atomic mass is 16.2. The van der Waals surface area contributed by atoms with Crippen molar-refractivity contribution in [1.29, 1.82) is 0 Å². The lowest BCUT2D eigenvalue weighted by atomic mass is 10.0. The van der Waals surface area contributed by atoms with Crippen LogP contribution >= 0.6 is 0 Å². The number of amides is 1. The molecule has 1 fully saturated rings. The van der Waals surface area contributed by atoms with Crippen LogP contribution in [0.5, 0.6) is 0 Å². The third-order valence-corrected chi connectivity index (χ3v) is 4.82. The summed E-state index contributed by atoms with van der Waals surface area (Å²) in [5.74, 6) is 2.98. The first kappa shape index (κ1) is 16.5. The van der Waals surface area contributed by atoms with E-state index in [4.69, 9.17) is 6.42 Å². The standard InChI is InChI=1S/C20H21N5O/c1-2-3-11-20(23-24-20)12-13-21-19(26)18-14-17(15-9-10-15)22-25(18)16-7-5-4-6-8-16/h1,4-8,14-15H,3,9-13H2,(H,21,26). The minimum atomic E-state index is -0.376. The largest absolute Gasteiger partial charge is 0.351 e. The molecule has 2 heterocycles. The van der Waals surface area contributed by atoms with Crippen molar-refractivity contribution in [2.24, 2.45) is 10.2 Å². The van der Waals surface area contributed by atoms with Gasteiger partial charge in [0.2, 0.25) is 0 Å². The molecule has 6 heteroatoms. The van der Waals surface area contributed by atoms with Crippen LogP contribution in [0.3, 0.4) is 0 Å². The number of carbonyl (C=O) groups excluding carboxylic acids is 1. The van der Waals surface area contributed by atoms with Crippen molar-refractivity contribution >= 4 is 5.91 Å². The molecule has 1 aromatic carbocycles. The quantitative estimate of drug-likeness (QED) is 0.743. The van der Waals surface area contributed by atoms with Crippen LogP contribution in [0, 0.1) is 12.3 Å². The molecule has 0 saturated heterocycles. The lowest BCUT2D eigenvalue weighted by Gasteiger charge is -2.11. The molecule has 132 valence electrons. The number of terminal acetylenes is 1. The molecule has 0 spiro atoms. The van der Waals surface area contributed by atoms with Gasteiger partial charge in [0.05, 0.1) is 11.4 Å². The topological polar surface area (TPSA) is 71.6 Å². The Kier molecular flexibility index (Phi) is 4.29. The number of para-hydroxylation sites is 1. The van der Waals surface area contributed by atoms with E-state index in [1.807, 2.05) is 36.4 Å². The zero-order chi connectivity index (χ0) is 18.0. The zero-order valence-electron chi connectivity index (χ0n) is 14.6. The molecule has 0 radical (unpaired) electrons. The third-order valence-electron chi connectivity index (χ3n) is 4.82. The normalized spacial score (nSPS) is 16.9. The van der Waals surface area contributed by atoms with Crippen molar-refractivity contribution in [2.45, 2.75) is 43.7 Å². The van der Waals surface area contributed by atoms with Gasteiger partial charge in [-0.15, -0.1) is 12.3 Å². The molecule has 6 nitrogen and oxygen atoms in total. The number of nitrogens with one attached hydrogen (secondary N) is 1. The fourth-order valence-corrected chi connectivity index (χ4v) is 3.04. The first-order valence-electron chi connectivity index (χ1n) is 9.02. The minimum Gasteiger partial charge on any atom is -0.351 e. The molecule has 26 heavy (non-hydrogen) atoms. The highest BCUT2D eigenvalue weighted by molar-refractivity contribution is 5.93. The van der Waals surface area contributed by atoms with Crippen LogP contribution in [0.4, 0.5) is 0 Å². The Labute approximate surface area is 152 Å². The summed E-state index contributed by atoms with van der Waals surface area (Å²) in [5, 5.41) is 15.9. The molecule has 2 aromatic rings. The summed E-state index contributed by atoms with van der Waals surface area (Å²) in [6.45, 7) is 0.509. The summed E-state index contributed by atoms with van der Waals surface area (Å²) >= 11 is 0. The molecule has 1 aliphatic carbocycles. The molecular weight excluding hydrogens is 326 g/mol. The Bertz CT molecular complexity index is 867. The maximum absolute atomic E-state index is 12.7. The second-order valence-corrected chi connectivity index (χ2v) is 6.87. The summed E-state index contributed by atoms with van der Waals surface area (Å²) in [7, 11) is 0. The molecule has 0 unspecified atom stereocenters. The number of carbonyl (C=O) groups is 1. The van der Waals surface area contributed by atoms with Gasteiger partial charge in [0.25, 0.3) is 5.91 Å². The predicted molar refractivity (Wildman–Crippen MR) is 98.1 cm³/mol. The van der Waals surface area contributed by atoms with Gasteiger partial charge in [-0.2, -0.15) is 15.3 Å². The van der Waals surface area contributed by atoms with E-state index in [1.54, 1.807) is 4.68 Å². The Balaban J connectivity index is 1.45. The molecule has 4 rings (SSSR count). The molecule has 1 aromatic heterocycles. The Morgan fingerprint density at radius 3 is 2.69 bits per heavy atom.